The number of rotatable bonds is 7. The van der Waals surface area contributed by atoms with Crippen LogP contribution in [0.4, 0.5) is 15.8 Å². The number of aromatic nitrogens is 5. The Labute approximate surface area is 207 Å². The third-order valence-corrected chi connectivity index (χ3v) is 5.82. The Balaban J connectivity index is 1.56. The number of nitrogens with zero attached hydrogens (tertiary/aromatic N) is 6. The normalized spacial score (nSPS) is 11.1. The molecule has 0 aliphatic carbocycles. The first-order valence-corrected chi connectivity index (χ1v) is 11.3. The predicted molar refractivity (Wildman–Crippen MR) is 137 cm³/mol. The first kappa shape index (κ1) is 23.0. The molecule has 36 heavy (non-hydrogen) atoms. The number of amides is 1. The third-order valence-electron chi connectivity index (χ3n) is 5.82. The average molecular weight is 485 g/mol. The van der Waals surface area contributed by atoms with E-state index in [4.69, 9.17) is 10.7 Å². The molecule has 182 valence electrons. The lowest BCUT2D eigenvalue weighted by Crippen LogP contribution is -2.13. The quantitative estimate of drug-likeness (QED) is 0.364. The van der Waals surface area contributed by atoms with Crippen LogP contribution in [0, 0.1) is 12.7 Å². The molecule has 1 amide bonds. The molecule has 0 saturated heterocycles. The summed E-state index contributed by atoms with van der Waals surface area (Å²) in [7, 11) is 3.81. The van der Waals surface area contributed by atoms with Gasteiger partial charge in [0.25, 0.3) is 5.91 Å². The van der Waals surface area contributed by atoms with E-state index in [2.05, 4.69) is 15.3 Å². The van der Waals surface area contributed by atoms with E-state index in [1.54, 1.807) is 28.8 Å². The summed E-state index contributed by atoms with van der Waals surface area (Å²) in [4.78, 5) is 27.5. The van der Waals surface area contributed by atoms with Crippen LogP contribution in [0.25, 0.3) is 22.9 Å². The number of anilines is 2. The maximum absolute atomic E-state index is 14.5. The monoisotopic (exact) mass is 484 g/mol. The molecule has 0 saturated carbocycles. The van der Waals surface area contributed by atoms with Crippen LogP contribution in [0.3, 0.4) is 0 Å². The number of imidazole rings is 2. The molecule has 0 spiro atoms. The Kier molecular flexibility index (Phi) is 5.85. The van der Waals surface area contributed by atoms with E-state index in [1.165, 1.54) is 12.3 Å². The second-order valence-electron chi connectivity index (χ2n) is 8.63. The standard InChI is InChI=1S/C26H25FN8O/c1-16-5-4-6-21(31-16)26-32-17(12-29-22-11-18(33(2)3)7-9-20(22)27)14-34(26)19-8-10-24-30-13-23(25(28)36)35(24)15-19/h4-11,13-15,29H,12H2,1-3H3,(H2,28,36). The van der Waals surface area contributed by atoms with Gasteiger partial charge in [-0.1, -0.05) is 6.07 Å². The molecule has 0 aliphatic rings. The number of hydrogen-bond donors (Lipinski definition) is 2. The fourth-order valence-electron chi connectivity index (χ4n) is 3.97. The zero-order valence-corrected chi connectivity index (χ0v) is 20.1. The number of carbonyl (C=O) groups excluding carboxylic acids is 1. The molecular weight excluding hydrogens is 459 g/mol. The Morgan fingerprint density at radius 2 is 1.94 bits per heavy atom. The average Bonchev–Trinajstić information content (AvgIpc) is 3.47. The molecule has 4 heterocycles. The molecule has 0 radical (unpaired) electrons. The lowest BCUT2D eigenvalue weighted by Gasteiger charge is -2.14. The maximum Gasteiger partial charge on any atom is 0.267 e. The first-order valence-electron chi connectivity index (χ1n) is 11.3. The highest BCUT2D eigenvalue weighted by Gasteiger charge is 2.16. The van der Waals surface area contributed by atoms with E-state index in [9.17, 15) is 9.18 Å². The van der Waals surface area contributed by atoms with E-state index in [0.717, 1.165) is 17.1 Å². The van der Waals surface area contributed by atoms with Gasteiger partial charge in [-0.25, -0.2) is 19.3 Å². The lowest BCUT2D eigenvalue weighted by atomic mass is 10.2. The zero-order valence-electron chi connectivity index (χ0n) is 20.1. The van der Waals surface area contributed by atoms with Crippen molar-refractivity contribution in [2.75, 3.05) is 24.3 Å². The van der Waals surface area contributed by atoms with Crippen molar-refractivity contribution in [1.29, 1.82) is 0 Å². The molecule has 0 aliphatic heterocycles. The number of nitrogens with one attached hydrogen (secondary N) is 1. The molecule has 0 unspecified atom stereocenters. The van der Waals surface area contributed by atoms with Gasteiger partial charge in [0.2, 0.25) is 0 Å². The van der Waals surface area contributed by atoms with Crippen molar-refractivity contribution in [2.24, 2.45) is 5.73 Å². The maximum atomic E-state index is 14.5. The fourth-order valence-corrected chi connectivity index (χ4v) is 3.97. The van der Waals surface area contributed by atoms with Crippen LogP contribution >= 0.6 is 0 Å². The highest BCUT2D eigenvalue weighted by Crippen LogP contribution is 2.25. The van der Waals surface area contributed by atoms with E-state index in [0.29, 0.717) is 35.1 Å². The Morgan fingerprint density at radius 3 is 2.69 bits per heavy atom. The largest absolute Gasteiger partial charge is 0.378 e. The van der Waals surface area contributed by atoms with Gasteiger partial charge >= 0.3 is 0 Å². The Bertz CT molecular complexity index is 1590. The minimum atomic E-state index is -0.572. The topological polar surface area (TPSA) is 106 Å². The van der Waals surface area contributed by atoms with Crippen LogP contribution in [0.2, 0.25) is 0 Å². The number of aryl methyl sites for hydroxylation is 1. The van der Waals surface area contributed by atoms with Crippen molar-refractivity contribution in [1.82, 2.24) is 23.9 Å². The molecule has 9 nitrogen and oxygen atoms in total. The van der Waals surface area contributed by atoms with Crippen LogP contribution in [0.5, 0.6) is 0 Å². The van der Waals surface area contributed by atoms with E-state index in [-0.39, 0.29) is 11.5 Å². The van der Waals surface area contributed by atoms with Crippen molar-refractivity contribution in [3.05, 3.63) is 90.0 Å². The number of primary amides is 1. The van der Waals surface area contributed by atoms with Gasteiger partial charge in [-0.15, -0.1) is 0 Å². The van der Waals surface area contributed by atoms with Gasteiger partial charge in [-0.05, 0) is 49.4 Å². The van der Waals surface area contributed by atoms with E-state index >= 15 is 0 Å². The summed E-state index contributed by atoms with van der Waals surface area (Å²) in [5.41, 5.74) is 10.6. The summed E-state index contributed by atoms with van der Waals surface area (Å²) in [5.74, 6) is -0.305. The summed E-state index contributed by atoms with van der Waals surface area (Å²) in [6, 6.07) is 14.3. The van der Waals surface area contributed by atoms with Gasteiger partial charge in [0, 0.05) is 37.9 Å². The van der Waals surface area contributed by atoms with Gasteiger partial charge in [0.05, 0.1) is 29.8 Å². The molecule has 0 bridgehead atoms. The summed E-state index contributed by atoms with van der Waals surface area (Å²) in [5, 5.41) is 3.15. The number of nitrogens with two attached hydrogens (primary N) is 1. The Morgan fingerprint density at radius 1 is 1.11 bits per heavy atom. The summed E-state index contributed by atoms with van der Waals surface area (Å²) in [6.07, 6.45) is 5.09. The SMILES string of the molecule is Cc1cccc(-c2nc(CNc3cc(N(C)C)ccc3F)cn2-c2ccc3ncc(C(N)=O)n3c2)n1. The van der Waals surface area contributed by atoms with Gasteiger partial charge in [0.15, 0.2) is 5.82 Å². The van der Waals surface area contributed by atoms with Crippen LogP contribution in [-0.4, -0.2) is 43.9 Å². The van der Waals surface area contributed by atoms with Crippen molar-refractivity contribution >= 4 is 22.9 Å². The van der Waals surface area contributed by atoms with Crippen LogP contribution in [-0.2, 0) is 6.54 Å². The van der Waals surface area contributed by atoms with Crippen LogP contribution in [0.1, 0.15) is 21.9 Å². The molecule has 5 aromatic rings. The lowest BCUT2D eigenvalue weighted by molar-refractivity contribution is 0.0994. The predicted octanol–water partition coefficient (Wildman–Crippen LogP) is 3.81. The molecule has 10 heteroatoms. The highest BCUT2D eigenvalue weighted by molar-refractivity contribution is 5.91. The summed E-state index contributed by atoms with van der Waals surface area (Å²) in [6.45, 7) is 2.20. The van der Waals surface area contributed by atoms with Crippen molar-refractivity contribution in [3.8, 4) is 17.2 Å². The number of fused-ring (bicyclic) bond motifs is 1. The third kappa shape index (κ3) is 4.36. The van der Waals surface area contributed by atoms with Crippen molar-refractivity contribution < 1.29 is 9.18 Å². The second kappa shape index (κ2) is 9.14. The van der Waals surface area contributed by atoms with Crippen molar-refractivity contribution in [2.45, 2.75) is 13.5 Å². The van der Waals surface area contributed by atoms with Gasteiger partial charge < -0.3 is 16.0 Å². The molecular formula is C26H25FN8O. The van der Waals surface area contributed by atoms with E-state index in [1.807, 2.05) is 60.9 Å². The minimum Gasteiger partial charge on any atom is -0.378 e. The molecule has 0 atom stereocenters. The number of halogens is 1. The molecule has 4 aromatic heterocycles. The fraction of sp³-hybridized carbons (Fsp3) is 0.154. The van der Waals surface area contributed by atoms with E-state index < -0.39 is 5.91 Å². The minimum absolute atomic E-state index is 0.278. The summed E-state index contributed by atoms with van der Waals surface area (Å²) < 4.78 is 18.0. The van der Waals surface area contributed by atoms with Crippen LogP contribution < -0.4 is 16.0 Å². The van der Waals surface area contributed by atoms with Gasteiger partial charge in [-0.2, -0.15) is 0 Å². The Hall–Kier alpha value is -4.73. The number of pyridine rings is 2. The summed E-state index contributed by atoms with van der Waals surface area (Å²) >= 11 is 0. The molecule has 3 N–H and O–H groups in total. The first-order chi connectivity index (χ1) is 17.3. The van der Waals surface area contributed by atoms with Gasteiger partial charge in [0.1, 0.15) is 22.9 Å². The second-order valence-corrected chi connectivity index (χ2v) is 8.63. The molecule has 1 aromatic carbocycles. The smallest absolute Gasteiger partial charge is 0.267 e. The number of hydrogen-bond acceptors (Lipinski definition) is 6. The zero-order chi connectivity index (χ0) is 25.4. The number of carbonyl (C=O) groups is 1. The van der Waals surface area contributed by atoms with Crippen molar-refractivity contribution in [3.63, 3.8) is 0 Å². The van der Waals surface area contributed by atoms with Gasteiger partial charge in [-0.3, -0.25) is 13.8 Å². The molecule has 0 fully saturated rings. The number of benzene rings is 1. The van der Waals surface area contributed by atoms with Crippen LogP contribution in [0.15, 0.2) is 67.1 Å². The highest BCUT2D eigenvalue weighted by atomic mass is 19.1. The molecule has 5 rings (SSSR count).